The summed E-state index contributed by atoms with van der Waals surface area (Å²) < 4.78 is 1.99. The highest BCUT2D eigenvalue weighted by Crippen LogP contribution is 2.22. The molecule has 4 nitrogen and oxygen atoms in total. The Morgan fingerprint density at radius 1 is 1.16 bits per heavy atom. The van der Waals surface area contributed by atoms with Crippen LogP contribution in [0.1, 0.15) is 5.56 Å². The molecule has 19 heavy (non-hydrogen) atoms. The number of anilines is 1. The number of fused-ring (bicyclic) bond motifs is 1. The van der Waals surface area contributed by atoms with Crippen LogP contribution in [-0.4, -0.2) is 14.5 Å². The summed E-state index contributed by atoms with van der Waals surface area (Å²) in [5.41, 5.74) is 9.03. The van der Waals surface area contributed by atoms with Gasteiger partial charge in [0, 0.05) is 24.0 Å². The van der Waals surface area contributed by atoms with E-state index in [0.29, 0.717) is 11.0 Å². The first kappa shape index (κ1) is 12.0. The number of nitrogens with zero attached hydrogens (tertiary/aromatic N) is 3. The molecule has 96 valence electrons. The van der Waals surface area contributed by atoms with E-state index in [1.165, 1.54) is 5.56 Å². The van der Waals surface area contributed by atoms with Gasteiger partial charge in [-0.1, -0.05) is 11.6 Å². The second-order valence-corrected chi connectivity index (χ2v) is 4.80. The van der Waals surface area contributed by atoms with Gasteiger partial charge in [-0.05, 0) is 42.3 Å². The third-order valence-corrected chi connectivity index (χ3v) is 3.35. The van der Waals surface area contributed by atoms with Crippen molar-refractivity contribution in [2.24, 2.45) is 0 Å². The second-order valence-electron chi connectivity index (χ2n) is 4.36. The fourth-order valence-electron chi connectivity index (χ4n) is 2.14. The highest BCUT2D eigenvalue weighted by molar-refractivity contribution is 6.31. The Balaban J connectivity index is 1.92. The molecule has 2 N–H and O–H groups in total. The topological polar surface area (TPSA) is 56.7 Å². The van der Waals surface area contributed by atoms with Gasteiger partial charge in [0.25, 0.3) is 0 Å². The number of rotatable bonds is 3. The summed E-state index contributed by atoms with van der Waals surface area (Å²) in [6.07, 6.45) is 4.47. The Morgan fingerprint density at radius 3 is 2.74 bits per heavy atom. The molecule has 0 unspecified atom stereocenters. The second kappa shape index (κ2) is 4.90. The first-order valence-corrected chi connectivity index (χ1v) is 6.42. The number of nitrogen functional groups attached to an aromatic ring is 1. The smallest absolute Gasteiger partial charge is 0.201 e. The molecule has 0 aliphatic rings. The number of imidazole rings is 1. The van der Waals surface area contributed by atoms with Gasteiger partial charge in [0.1, 0.15) is 0 Å². The third kappa shape index (κ3) is 2.39. The average Bonchev–Trinajstić information content (AvgIpc) is 2.73. The number of aryl methyl sites for hydroxylation is 2. The summed E-state index contributed by atoms with van der Waals surface area (Å²) in [6, 6.07) is 9.61. The van der Waals surface area contributed by atoms with Crippen molar-refractivity contribution in [2.75, 3.05) is 5.73 Å². The van der Waals surface area contributed by atoms with Crippen molar-refractivity contribution < 1.29 is 0 Å². The standard InChI is InChI=1S/C14H13ClN4/c15-11-1-2-12-13(9-11)19(14(16)18-12)8-5-10-3-6-17-7-4-10/h1-4,6-7,9H,5,8H2,(H2,16,18). The zero-order chi connectivity index (χ0) is 13.2. The molecule has 0 saturated heterocycles. The Labute approximate surface area is 115 Å². The largest absolute Gasteiger partial charge is 0.369 e. The van der Waals surface area contributed by atoms with E-state index in [1.54, 1.807) is 12.4 Å². The van der Waals surface area contributed by atoms with Gasteiger partial charge in [-0.3, -0.25) is 4.98 Å². The van der Waals surface area contributed by atoms with E-state index in [4.69, 9.17) is 17.3 Å². The van der Waals surface area contributed by atoms with E-state index in [2.05, 4.69) is 9.97 Å². The molecule has 2 heterocycles. The molecule has 3 rings (SSSR count). The number of pyridine rings is 1. The molecule has 1 aromatic carbocycles. The first-order valence-electron chi connectivity index (χ1n) is 6.04. The Morgan fingerprint density at radius 2 is 1.95 bits per heavy atom. The molecule has 5 heteroatoms. The maximum atomic E-state index is 6.03. The van der Waals surface area contributed by atoms with Crippen molar-refractivity contribution in [1.29, 1.82) is 0 Å². The van der Waals surface area contributed by atoms with Gasteiger partial charge in [-0.2, -0.15) is 0 Å². The molecule has 0 radical (unpaired) electrons. The van der Waals surface area contributed by atoms with Crippen molar-refractivity contribution in [1.82, 2.24) is 14.5 Å². The molecule has 0 amide bonds. The van der Waals surface area contributed by atoms with Gasteiger partial charge in [0.05, 0.1) is 11.0 Å². The summed E-state index contributed by atoms with van der Waals surface area (Å²) in [5, 5.41) is 0.692. The summed E-state index contributed by atoms with van der Waals surface area (Å²) >= 11 is 6.03. The summed E-state index contributed by atoms with van der Waals surface area (Å²) in [7, 11) is 0. The lowest BCUT2D eigenvalue weighted by Gasteiger charge is -2.06. The van der Waals surface area contributed by atoms with Gasteiger partial charge in [-0.15, -0.1) is 0 Å². The third-order valence-electron chi connectivity index (χ3n) is 3.11. The highest BCUT2D eigenvalue weighted by Gasteiger charge is 2.08. The van der Waals surface area contributed by atoms with Crippen LogP contribution < -0.4 is 5.73 Å². The van der Waals surface area contributed by atoms with Gasteiger partial charge in [-0.25, -0.2) is 4.98 Å². The lowest BCUT2D eigenvalue weighted by atomic mass is 10.2. The van der Waals surface area contributed by atoms with Gasteiger partial charge in [0.2, 0.25) is 5.95 Å². The number of aromatic nitrogens is 3. The van der Waals surface area contributed by atoms with Crippen molar-refractivity contribution in [3.8, 4) is 0 Å². The summed E-state index contributed by atoms with van der Waals surface area (Å²) in [4.78, 5) is 8.34. The fourth-order valence-corrected chi connectivity index (χ4v) is 2.31. The van der Waals surface area contributed by atoms with Crippen molar-refractivity contribution in [3.05, 3.63) is 53.3 Å². The lowest BCUT2D eigenvalue weighted by Crippen LogP contribution is -2.05. The van der Waals surface area contributed by atoms with E-state index in [0.717, 1.165) is 24.0 Å². The predicted molar refractivity (Wildman–Crippen MR) is 77.1 cm³/mol. The van der Waals surface area contributed by atoms with Crippen molar-refractivity contribution in [2.45, 2.75) is 13.0 Å². The maximum Gasteiger partial charge on any atom is 0.201 e. The fraction of sp³-hybridized carbons (Fsp3) is 0.143. The molecule has 3 aromatic rings. The molecule has 0 aliphatic heterocycles. The number of benzene rings is 1. The van der Waals surface area contributed by atoms with Crippen LogP contribution >= 0.6 is 11.6 Å². The number of halogens is 1. The number of nitrogens with two attached hydrogens (primary N) is 1. The zero-order valence-electron chi connectivity index (χ0n) is 10.3. The minimum atomic E-state index is 0.520. The molecular formula is C14H13ClN4. The van der Waals surface area contributed by atoms with Crippen molar-refractivity contribution in [3.63, 3.8) is 0 Å². The molecule has 0 saturated carbocycles. The van der Waals surface area contributed by atoms with Crippen molar-refractivity contribution >= 4 is 28.6 Å². The van der Waals surface area contributed by atoms with Crippen LogP contribution in [0.15, 0.2) is 42.7 Å². The minimum Gasteiger partial charge on any atom is -0.369 e. The highest BCUT2D eigenvalue weighted by atomic mass is 35.5. The summed E-state index contributed by atoms with van der Waals surface area (Å²) in [6.45, 7) is 0.771. The Bertz CT molecular complexity index is 706. The van der Waals surface area contributed by atoms with Gasteiger partial charge < -0.3 is 10.3 Å². The summed E-state index contributed by atoms with van der Waals surface area (Å²) in [5.74, 6) is 0.520. The molecule has 0 aliphatic carbocycles. The van der Waals surface area contributed by atoms with Crippen LogP contribution in [0.3, 0.4) is 0 Å². The maximum absolute atomic E-state index is 6.03. The quantitative estimate of drug-likeness (QED) is 0.798. The Kier molecular flexibility index (Phi) is 3.09. The van der Waals surface area contributed by atoms with E-state index in [9.17, 15) is 0 Å². The SMILES string of the molecule is Nc1nc2ccc(Cl)cc2n1CCc1ccncc1. The molecular weight excluding hydrogens is 260 g/mol. The minimum absolute atomic E-state index is 0.520. The predicted octanol–water partition coefficient (Wildman–Crippen LogP) is 2.91. The van der Waals surface area contributed by atoms with Crippen LogP contribution in [0.5, 0.6) is 0 Å². The normalized spacial score (nSPS) is 11.0. The van der Waals surface area contributed by atoms with Crippen LogP contribution in [0, 0.1) is 0 Å². The lowest BCUT2D eigenvalue weighted by molar-refractivity contribution is 0.725. The van der Waals surface area contributed by atoms with Crippen LogP contribution in [0.2, 0.25) is 5.02 Å². The number of hydrogen-bond acceptors (Lipinski definition) is 3. The Hall–Kier alpha value is -2.07. The molecule has 0 fully saturated rings. The van der Waals surface area contributed by atoms with Gasteiger partial charge in [0.15, 0.2) is 0 Å². The number of hydrogen-bond donors (Lipinski definition) is 1. The zero-order valence-corrected chi connectivity index (χ0v) is 11.0. The van der Waals surface area contributed by atoms with Gasteiger partial charge >= 0.3 is 0 Å². The van der Waals surface area contributed by atoms with E-state index in [1.807, 2.05) is 34.9 Å². The van der Waals surface area contributed by atoms with Crippen LogP contribution in [-0.2, 0) is 13.0 Å². The molecule has 0 atom stereocenters. The van der Waals surface area contributed by atoms with Crippen LogP contribution in [0.4, 0.5) is 5.95 Å². The first-order chi connectivity index (χ1) is 9.24. The molecule has 0 bridgehead atoms. The average molecular weight is 273 g/mol. The van der Waals surface area contributed by atoms with E-state index in [-0.39, 0.29) is 0 Å². The molecule has 2 aromatic heterocycles. The van der Waals surface area contributed by atoms with E-state index < -0.39 is 0 Å². The van der Waals surface area contributed by atoms with E-state index >= 15 is 0 Å². The van der Waals surface area contributed by atoms with Crippen LogP contribution in [0.25, 0.3) is 11.0 Å². The monoisotopic (exact) mass is 272 g/mol. The molecule has 0 spiro atoms.